The van der Waals surface area contributed by atoms with Crippen molar-refractivity contribution in [3.63, 3.8) is 0 Å². The van der Waals surface area contributed by atoms with Gasteiger partial charge in [-0.25, -0.2) is 0 Å². The number of hydrogen-bond acceptors (Lipinski definition) is 5. The number of hydrogen-bond donors (Lipinski definition) is 2. The van der Waals surface area contributed by atoms with Gasteiger partial charge in [-0.2, -0.15) is 0 Å². The van der Waals surface area contributed by atoms with Gasteiger partial charge < -0.3 is 10.8 Å². The fraction of sp³-hybridized carbons (Fsp3) is 0.778. The van der Waals surface area contributed by atoms with Crippen molar-refractivity contribution in [2.75, 3.05) is 0 Å². The molecule has 1 aromatic heterocycles. The lowest BCUT2D eigenvalue weighted by Crippen LogP contribution is -2.46. The van der Waals surface area contributed by atoms with Gasteiger partial charge in [-0.05, 0) is 37.2 Å². The van der Waals surface area contributed by atoms with Crippen molar-refractivity contribution in [1.29, 1.82) is 0 Å². The van der Waals surface area contributed by atoms with Crippen LogP contribution < -0.4 is 5.73 Å². The smallest absolute Gasteiger partial charge is 0.0773 e. The molecule has 1 aliphatic carbocycles. The summed E-state index contributed by atoms with van der Waals surface area (Å²) in [5.41, 5.74) is 7.05. The molecule has 2 rings (SSSR count). The number of rotatable bonds is 2. The molecule has 4 nitrogen and oxygen atoms in total. The number of aliphatic hydroxyl groups is 1. The third-order valence-corrected chi connectivity index (χ3v) is 3.44. The van der Waals surface area contributed by atoms with Crippen LogP contribution in [0.5, 0.6) is 0 Å². The third kappa shape index (κ3) is 2.29. The summed E-state index contributed by atoms with van der Waals surface area (Å²) in [4.78, 5) is 0. The maximum Gasteiger partial charge on any atom is 0.0773 e. The zero-order chi connectivity index (χ0) is 10.0. The normalized spacial score (nSPS) is 33.1. The van der Waals surface area contributed by atoms with Gasteiger partial charge in [0.25, 0.3) is 0 Å². The molecular formula is C9H15N3OS. The summed E-state index contributed by atoms with van der Waals surface area (Å²) in [6.07, 6.45) is 4.02. The maximum absolute atomic E-state index is 9.39. The van der Waals surface area contributed by atoms with Crippen LogP contribution in [0, 0.1) is 0 Å². The second-order valence-corrected chi connectivity index (χ2v) is 4.78. The van der Waals surface area contributed by atoms with Crippen LogP contribution in [0.25, 0.3) is 0 Å². The summed E-state index contributed by atoms with van der Waals surface area (Å²) in [5.74, 6) is 0. The Hall–Kier alpha value is -0.520. The highest BCUT2D eigenvalue weighted by Crippen LogP contribution is 2.28. The van der Waals surface area contributed by atoms with Crippen LogP contribution in [0.4, 0.5) is 0 Å². The molecule has 1 fully saturated rings. The van der Waals surface area contributed by atoms with Gasteiger partial charge in [0.15, 0.2) is 0 Å². The highest BCUT2D eigenvalue weighted by molar-refractivity contribution is 7.03. The van der Waals surface area contributed by atoms with Gasteiger partial charge in [0.05, 0.1) is 11.8 Å². The molecule has 5 heteroatoms. The monoisotopic (exact) mass is 213 g/mol. The zero-order valence-corrected chi connectivity index (χ0v) is 8.83. The second kappa shape index (κ2) is 3.92. The molecular weight excluding hydrogens is 198 g/mol. The van der Waals surface area contributed by atoms with Gasteiger partial charge in [0.2, 0.25) is 0 Å². The van der Waals surface area contributed by atoms with E-state index in [0.29, 0.717) is 0 Å². The summed E-state index contributed by atoms with van der Waals surface area (Å²) in [7, 11) is 0. The predicted molar refractivity (Wildman–Crippen MR) is 55.0 cm³/mol. The van der Waals surface area contributed by atoms with Crippen LogP contribution >= 0.6 is 11.5 Å². The molecule has 0 bridgehead atoms. The van der Waals surface area contributed by atoms with E-state index in [1.54, 1.807) is 0 Å². The van der Waals surface area contributed by atoms with Crippen molar-refractivity contribution < 1.29 is 5.11 Å². The van der Waals surface area contributed by atoms with Crippen molar-refractivity contribution in [1.82, 2.24) is 9.59 Å². The number of aromatic nitrogens is 2. The Labute approximate surface area is 87.3 Å². The van der Waals surface area contributed by atoms with Crippen LogP contribution in [-0.2, 0) is 6.42 Å². The first kappa shape index (κ1) is 10.0. The molecule has 1 heterocycles. The topological polar surface area (TPSA) is 72.0 Å². The largest absolute Gasteiger partial charge is 0.393 e. The maximum atomic E-state index is 9.39. The quantitative estimate of drug-likeness (QED) is 0.759. The molecule has 0 saturated heterocycles. The third-order valence-electron chi connectivity index (χ3n) is 2.89. The lowest BCUT2D eigenvalue weighted by atomic mass is 9.78. The van der Waals surface area contributed by atoms with Crippen LogP contribution in [0.3, 0.4) is 0 Å². The average Bonchev–Trinajstić information content (AvgIpc) is 2.63. The molecule has 0 aliphatic heterocycles. The SMILES string of the molecule is NC1(Cc2csnn2)CCC(O)CC1. The van der Waals surface area contributed by atoms with E-state index in [4.69, 9.17) is 5.73 Å². The van der Waals surface area contributed by atoms with E-state index >= 15 is 0 Å². The second-order valence-electron chi connectivity index (χ2n) is 4.17. The van der Waals surface area contributed by atoms with E-state index < -0.39 is 0 Å². The molecule has 14 heavy (non-hydrogen) atoms. The van der Waals surface area contributed by atoms with E-state index in [1.165, 1.54) is 11.5 Å². The highest BCUT2D eigenvalue weighted by atomic mass is 32.1. The van der Waals surface area contributed by atoms with E-state index in [9.17, 15) is 5.11 Å². The van der Waals surface area contributed by atoms with Crippen molar-refractivity contribution in [2.24, 2.45) is 5.73 Å². The van der Waals surface area contributed by atoms with Crippen molar-refractivity contribution >= 4 is 11.5 Å². The van der Waals surface area contributed by atoms with Crippen LogP contribution in [0.2, 0.25) is 0 Å². The van der Waals surface area contributed by atoms with Crippen molar-refractivity contribution in [2.45, 2.75) is 43.7 Å². The first-order valence-electron chi connectivity index (χ1n) is 4.91. The number of nitrogens with two attached hydrogens (primary N) is 1. The van der Waals surface area contributed by atoms with E-state index in [2.05, 4.69) is 9.59 Å². The Morgan fingerprint density at radius 3 is 2.86 bits per heavy atom. The minimum absolute atomic E-state index is 0.153. The highest BCUT2D eigenvalue weighted by Gasteiger charge is 2.31. The van der Waals surface area contributed by atoms with Gasteiger partial charge in [-0.3, -0.25) is 0 Å². The Morgan fingerprint density at radius 2 is 2.29 bits per heavy atom. The molecule has 1 aliphatic rings. The molecule has 1 aromatic rings. The molecule has 0 radical (unpaired) electrons. The van der Waals surface area contributed by atoms with Gasteiger partial charge in [-0.15, -0.1) is 5.10 Å². The molecule has 0 unspecified atom stereocenters. The summed E-state index contributed by atoms with van der Waals surface area (Å²) in [5, 5.41) is 15.3. The van der Waals surface area contributed by atoms with Crippen LogP contribution in [0.15, 0.2) is 5.38 Å². The summed E-state index contributed by atoms with van der Waals surface area (Å²) in [6.45, 7) is 0. The molecule has 0 spiro atoms. The lowest BCUT2D eigenvalue weighted by Gasteiger charge is -2.34. The van der Waals surface area contributed by atoms with Gasteiger partial charge >= 0.3 is 0 Å². The first-order chi connectivity index (χ1) is 6.68. The summed E-state index contributed by atoms with van der Waals surface area (Å²) >= 11 is 1.36. The molecule has 0 atom stereocenters. The van der Waals surface area contributed by atoms with Gasteiger partial charge in [0, 0.05) is 17.3 Å². The van der Waals surface area contributed by atoms with Gasteiger partial charge in [-0.1, -0.05) is 4.49 Å². The van der Waals surface area contributed by atoms with E-state index in [0.717, 1.165) is 37.8 Å². The Bertz CT molecular complexity index is 280. The number of aliphatic hydroxyl groups excluding tert-OH is 1. The predicted octanol–water partition coefficient (Wildman–Crippen LogP) is 0.713. The molecule has 3 N–H and O–H groups in total. The molecule has 78 valence electrons. The standard InChI is InChI=1S/C9H15N3OS/c10-9(3-1-8(13)2-4-9)5-7-6-14-12-11-7/h6,8,13H,1-5,10H2. The van der Waals surface area contributed by atoms with Gasteiger partial charge in [0.1, 0.15) is 0 Å². The minimum atomic E-state index is -0.172. The molecule has 0 amide bonds. The fourth-order valence-corrected chi connectivity index (χ4v) is 2.43. The van der Waals surface area contributed by atoms with E-state index in [1.807, 2.05) is 5.38 Å². The fourth-order valence-electron chi connectivity index (χ4n) is 1.98. The summed E-state index contributed by atoms with van der Waals surface area (Å²) in [6, 6.07) is 0. The van der Waals surface area contributed by atoms with E-state index in [-0.39, 0.29) is 11.6 Å². The minimum Gasteiger partial charge on any atom is -0.393 e. The Morgan fingerprint density at radius 1 is 1.57 bits per heavy atom. The first-order valence-corrected chi connectivity index (χ1v) is 5.74. The molecule has 0 aromatic carbocycles. The lowest BCUT2D eigenvalue weighted by molar-refractivity contribution is 0.0970. The van der Waals surface area contributed by atoms with Crippen LogP contribution in [0.1, 0.15) is 31.4 Å². The summed E-state index contributed by atoms with van der Waals surface area (Å²) < 4.78 is 3.82. The zero-order valence-electron chi connectivity index (χ0n) is 8.02. The average molecular weight is 213 g/mol. The Balaban J connectivity index is 1.96. The van der Waals surface area contributed by atoms with Crippen molar-refractivity contribution in [3.8, 4) is 0 Å². The Kier molecular flexibility index (Phi) is 2.80. The van der Waals surface area contributed by atoms with Crippen LogP contribution in [-0.4, -0.2) is 26.3 Å². The molecule has 1 saturated carbocycles. The number of nitrogens with zero attached hydrogens (tertiary/aromatic N) is 2. The van der Waals surface area contributed by atoms with Crippen molar-refractivity contribution in [3.05, 3.63) is 11.1 Å².